The fourth-order valence-corrected chi connectivity index (χ4v) is 1.26. The number of aliphatic hydroxyl groups excluding tert-OH is 1. The SMILES string of the molecule is CC(C)COC(=O)[C@H](NC(=O)[C@@H](N)CC(=O)O)[C@H](C)O. The second kappa shape index (κ2) is 8.49. The Morgan fingerprint density at radius 1 is 1.25 bits per heavy atom. The third-order valence-electron chi connectivity index (χ3n) is 2.32. The molecule has 0 saturated heterocycles. The number of carbonyl (C=O) groups excluding carboxylic acids is 2. The lowest BCUT2D eigenvalue weighted by Crippen LogP contribution is -2.53. The fourth-order valence-electron chi connectivity index (χ4n) is 1.26. The van der Waals surface area contributed by atoms with E-state index in [1.807, 2.05) is 13.8 Å². The van der Waals surface area contributed by atoms with Gasteiger partial charge in [-0.3, -0.25) is 9.59 Å². The van der Waals surface area contributed by atoms with E-state index in [1.165, 1.54) is 6.92 Å². The first-order valence-electron chi connectivity index (χ1n) is 6.27. The average Bonchev–Trinajstić information content (AvgIpc) is 2.31. The van der Waals surface area contributed by atoms with Gasteiger partial charge in [-0.05, 0) is 12.8 Å². The van der Waals surface area contributed by atoms with Gasteiger partial charge >= 0.3 is 11.9 Å². The predicted octanol–water partition coefficient (Wildman–Crippen LogP) is -1.15. The lowest BCUT2D eigenvalue weighted by molar-refractivity contribution is -0.152. The largest absolute Gasteiger partial charge is 0.481 e. The van der Waals surface area contributed by atoms with Crippen LogP contribution in [-0.4, -0.2) is 52.9 Å². The second-order valence-electron chi connectivity index (χ2n) is 4.96. The monoisotopic (exact) mass is 290 g/mol. The van der Waals surface area contributed by atoms with Crippen molar-refractivity contribution in [3.05, 3.63) is 0 Å². The first-order valence-corrected chi connectivity index (χ1v) is 6.27. The molecule has 3 atom stereocenters. The lowest BCUT2D eigenvalue weighted by atomic mass is 10.1. The van der Waals surface area contributed by atoms with Crippen LogP contribution in [0.15, 0.2) is 0 Å². The molecule has 0 saturated carbocycles. The molecule has 1 amide bonds. The highest BCUT2D eigenvalue weighted by atomic mass is 16.5. The molecule has 0 bridgehead atoms. The average molecular weight is 290 g/mol. The molecule has 0 aliphatic rings. The van der Waals surface area contributed by atoms with Crippen molar-refractivity contribution in [2.45, 2.75) is 45.4 Å². The van der Waals surface area contributed by atoms with Crippen molar-refractivity contribution < 1.29 is 29.3 Å². The number of hydrogen-bond donors (Lipinski definition) is 4. The first-order chi connectivity index (χ1) is 9.15. The van der Waals surface area contributed by atoms with Gasteiger partial charge in [-0.15, -0.1) is 0 Å². The Labute approximate surface area is 117 Å². The van der Waals surface area contributed by atoms with E-state index in [9.17, 15) is 19.5 Å². The minimum Gasteiger partial charge on any atom is -0.481 e. The van der Waals surface area contributed by atoms with Crippen molar-refractivity contribution in [3.63, 3.8) is 0 Å². The molecule has 20 heavy (non-hydrogen) atoms. The fraction of sp³-hybridized carbons (Fsp3) is 0.750. The molecule has 0 aromatic rings. The Morgan fingerprint density at radius 2 is 1.80 bits per heavy atom. The number of rotatable bonds is 8. The van der Waals surface area contributed by atoms with Crippen LogP contribution < -0.4 is 11.1 Å². The number of nitrogens with two attached hydrogens (primary N) is 1. The number of aliphatic carboxylic acids is 1. The second-order valence-corrected chi connectivity index (χ2v) is 4.96. The lowest BCUT2D eigenvalue weighted by Gasteiger charge is -2.22. The molecule has 0 rings (SSSR count). The predicted molar refractivity (Wildman–Crippen MR) is 69.6 cm³/mol. The van der Waals surface area contributed by atoms with E-state index in [4.69, 9.17) is 15.6 Å². The molecule has 0 radical (unpaired) electrons. The van der Waals surface area contributed by atoms with Crippen LogP contribution >= 0.6 is 0 Å². The molecule has 0 aromatic carbocycles. The van der Waals surface area contributed by atoms with Crippen molar-refractivity contribution in [2.24, 2.45) is 11.7 Å². The number of nitrogens with one attached hydrogen (secondary N) is 1. The number of carboxylic acid groups (broad SMARTS) is 1. The quantitative estimate of drug-likeness (QED) is 0.414. The van der Waals surface area contributed by atoms with Gasteiger partial charge in [0.2, 0.25) is 5.91 Å². The van der Waals surface area contributed by atoms with Gasteiger partial charge in [-0.1, -0.05) is 13.8 Å². The zero-order valence-electron chi connectivity index (χ0n) is 11.8. The zero-order valence-corrected chi connectivity index (χ0v) is 11.8. The van der Waals surface area contributed by atoms with Crippen molar-refractivity contribution in [1.82, 2.24) is 5.32 Å². The smallest absolute Gasteiger partial charge is 0.331 e. The summed E-state index contributed by atoms with van der Waals surface area (Å²) in [4.78, 5) is 33.8. The van der Waals surface area contributed by atoms with Crippen molar-refractivity contribution in [3.8, 4) is 0 Å². The van der Waals surface area contributed by atoms with Crippen LogP contribution in [0.3, 0.4) is 0 Å². The molecule has 116 valence electrons. The molecule has 5 N–H and O–H groups in total. The Kier molecular flexibility index (Phi) is 7.78. The van der Waals surface area contributed by atoms with Gasteiger partial charge in [-0.2, -0.15) is 0 Å². The number of esters is 1. The molecule has 0 spiro atoms. The normalized spacial score (nSPS) is 15.3. The summed E-state index contributed by atoms with van der Waals surface area (Å²) in [6, 6.07) is -2.58. The highest BCUT2D eigenvalue weighted by molar-refractivity contribution is 5.90. The zero-order chi connectivity index (χ0) is 15.9. The van der Waals surface area contributed by atoms with Crippen LogP contribution in [0.1, 0.15) is 27.2 Å². The van der Waals surface area contributed by atoms with Crippen molar-refractivity contribution >= 4 is 17.8 Å². The Balaban J connectivity index is 4.57. The third kappa shape index (κ3) is 7.05. The Morgan fingerprint density at radius 3 is 2.20 bits per heavy atom. The van der Waals surface area contributed by atoms with Crippen LogP contribution in [0.2, 0.25) is 0 Å². The maximum atomic E-state index is 11.7. The number of hydrogen-bond acceptors (Lipinski definition) is 6. The molecule has 8 heteroatoms. The van der Waals surface area contributed by atoms with E-state index in [1.54, 1.807) is 0 Å². The topological polar surface area (TPSA) is 139 Å². The minimum atomic E-state index is -1.30. The number of carboxylic acids is 1. The van der Waals surface area contributed by atoms with E-state index >= 15 is 0 Å². The van der Waals surface area contributed by atoms with Gasteiger partial charge in [0.1, 0.15) is 0 Å². The van der Waals surface area contributed by atoms with Crippen LogP contribution in [0.5, 0.6) is 0 Å². The van der Waals surface area contributed by atoms with Crippen molar-refractivity contribution in [2.75, 3.05) is 6.61 Å². The van der Waals surface area contributed by atoms with Gasteiger partial charge < -0.3 is 26.0 Å². The van der Waals surface area contributed by atoms with E-state index < -0.39 is 42.5 Å². The maximum absolute atomic E-state index is 11.7. The molecule has 0 aliphatic carbocycles. The maximum Gasteiger partial charge on any atom is 0.331 e. The van der Waals surface area contributed by atoms with Crippen LogP contribution in [0.4, 0.5) is 0 Å². The van der Waals surface area contributed by atoms with Gasteiger partial charge in [0.25, 0.3) is 0 Å². The summed E-state index contributed by atoms with van der Waals surface area (Å²) in [5.41, 5.74) is 5.36. The Bertz CT molecular complexity index is 356. The number of carbonyl (C=O) groups is 3. The Hall–Kier alpha value is -1.67. The third-order valence-corrected chi connectivity index (χ3v) is 2.32. The summed E-state index contributed by atoms with van der Waals surface area (Å²) in [7, 11) is 0. The van der Waals surface area contributed by atoms with E-state index in [-0.39, 0.29) is 12.5 Å². The summed E-state index contributed by atoms with van der Waals surface area (Å²) in [6.45, 7) is 5.14. The van der Waals surface area contributed by atoms with Crippen LogP contribution in [0, 0.1) is 5.92 Å². The first kappa shape index (κ1) is 18.3. The molecule has 8 nitrogen and oxygen atoms in total. The van der Waals surface area contributed by atoms with E-state index in [0.29, 0.717) is 0 Å². The summed E-state index contributed by atoms with van der Waals surface area (Å²) in [5, 5.41) is 20.2. The number of aliphatic hydroxyl groups is 1. The summed E-state index contributed by atoms with van der Waals surface area (Å²) >= 11 is 0. The van der Waals surface area contributed by atoms with E-state index in [0.717, 1.165) is 0 Å². The van der Waals surface area contributed by atoms with Gasteiger partial charge in [-0.25, -0.2) is 4.79 Å². The van der Waals surface area contributed by atoms with Crippen LogP contribution in [0.25, 0.3) is 0 Å². The van der Waals surface area contributed by atoms with Crippen LogP contribution in [-0.2, 0) is 19.1 Å². The van der Waals surface area contributed by atoms with Gasteiger partial charge in [0, 0.05) is 0 Å². The minimum absolute atomic E-state index is 0.110. The van der Waals surface area contributed by atoms with E-state index in [2.05, 4.69) is 5.32 Å². The van der Waals surface area contributed by atoms with Crippen molar-refractivity contribution in [1.29, 1.82) is 0 Å². The molecular formula is C12H22N2O6. The van der Waals surface area contributed by atoms with Gasteiger partial charge in [0.05, 0.1) is 25.2 Å². The highest BCUT2D eigenvalue weighted by Crippen LogP contribution is 2.01. The molecular weight excluding hydrogens is 268 g/mol. The molecule has 0 heterocycles. The molecule has 0 unspecified atom stereocenters. The summed E-state index contributed by atoms with van der Waals surface area (Å²) in [5.74, 6) is -2.74. The molecule has 0 fully saturated rings. The highest BCUT2D eigenvalue weighted by Gasteiger charge is 2.29. The molecule has 0 aliphatic heterocycles. The summed E-state index contributed by atoms with van der Waals surface area (Å²) < 4.78 is 4.92. The van der Waals surface area contributed by atoms with Gasteiger partial charge in [0.15, 0.2) is 6.04 Å². The number of amides is 1. The molecule has 0 aromatic heterocycles. The number of ether oxygens (including phenoxy) is 1. The standard InChI is InChI=1S/C12H22N2O6/c1-6(2)5-20-12(19)10(7(3)15)14-11(18)8(13)4-9(16)17/h6-8,10,15H,4-5,13H2,1-3H3,(H,14,18)(H,16,17)/t7-,8-,10+/m0/s1. The summed E-state index contributed by atoms with van der Waals surface area (Å²) in [6.07, 6.45) is -1.75.